The lowest BCUT2D eigenvalue weighted by molar-refractivity contribution is 0.205. The average molecular weight is 269 g/mol. The second-order valence-electron chi connectivity index (χ2n) is 5.32. The Bertz CT molecular complexity index is 637. The molecule has 0 radical (unpaired) electrons. The number of pyridine rings is 1. The minimum atomic E-state index is -0.684. The predicted octanol–water partition coefficient (Wildman–Crippen LogP) is 3.11. The van der Waals surface area contributed by atoms with E-state index in [2.05, 4.69) is 11.1 Å². The molecule has 2 heterocycles. The lowest BCUT2D eigenvalue weighted by Crippen LogP contribution is -2.13. The number of rotatable bonds is 2. The highest BCUT2D eigenvalue weighted by Gasteiger charge is 2.22. The SMILES string of the molecule is Cc1ccc(C(O)c2cccc3c2OCCC3)c(C)n1. The van der Waals surface area contributed by atoms with E-state index in [4.69, 9.17) is 4.74 Å². The predicted molar refractivity (Wildman–Crippen MR) is 78.0 cm³/mol. The Kier molecular flexibility index (Phi) is 3.45. The van der Waals surface area contributed by atoms with Gasteiger partial charge in [-0.2, -0.15) is 0 Å². The molecule has 20 heavy (non-hydrogen) atoms. The summed E-state index contributed by atoms with van der Waals surface area (Å²) in [6.45, 7) is 4.61. The van der Waals surface area contributed by atoms with Gasteiger partial charge in [-0.3, -0.25) is 4.98 Å². The number of aryl methyl sites for hydroxylation is 3. The van der Waals surface area contributed by atoms with Gasteiger partial charge in [0.2, 0.25) is 0 Å². The van der Waals surface area contributed by atoms with Crippen molar-refractivity contribution in [3.63, 3.8) is 0 Å². The van der Waals surface area contributed by atoms with Crippen LogP contribution in [0.1, 0.15) is 40.6 Å². The molecule has 0 amide bonds. The Morgan fingerprint density at radius 1 is 1.15 bits per heavy atom. The fraction of sp³-hybridized carbons (Fsp3) is 0.353. The molecule has 1 aliphatic heterocycles. The minimum Gasteiger partial charge on any atom is -0.493 e. The zero-order chi connectivity index (χ0) is 14.1. The van der Waals surface area contributed by atoms with Crippen LogP contribution in [0.3, 0.4) is 0 Å². The Balaban J connectivity index is 2.04. The molecule has 1 aromatic carbocycles. The second kappa shape index (κ2) is 5.25. The first kappa shape index (κ1) is 13.1. The van der Waals surface area contributed by atoms with E-state index in [-0.39, 0.29) is 0 Å². The van der Waals surface area contributed by atoms with Crippen LogP contribution in [0.4, 0.5) is 0 Å². The van der Waals surface area contributed by atoms with Gasteiger partial charge in [0.15, 0.2) is 0 Å². The highest BCUT2D eigenvalue weighted by atomic mass is 16.5. The van der Waals surface area contributed by atoms with Crippen molar-refractivity contribution in [2.75, 3.05) is 6.61 Å². The minimum absolute atomic E-state index is 0.684. The summed E-state index contributed by atoms with van der Waals surface area (Å²) in [4.78, 5) is 4.43. The summed E-state index contributed by atoms with van der Waals surface area (Å²) in [6, 6.07) is 9.88. The standard InChI is InChI=1S/C17H19NO2/c1-11-8-9-14(12(2)18-11)16(19)15-7-3-5-13-6-4-10-20-17(13)15/h3,5,7-9,16,19H,4,6,10H2,1-2H3. The first-order valence-corrected chi connectivity index (χ1v) is 7.03. The van der Waals surface area contributed by atoms with Crippen molar-refractivity contribution in [3.05, 3.63) is 58.4 Å². The van der Waals surface area contributed by atoms with Gasteiger partial charge in [-0.1, -0.05) is 24.3 Å². The second-order valence-corrected chi connectivity index (χ2v) is 5.32. The maximum absolute atomic E-state index is 10.7. The largest absolute Gasteiger partial charge is 0.493 e. The Labute approximate surface area is 119 Å². The van der Waals surface area contributed by atoms with E-state index < -0.39 is 6.10 Å². The van der Waals surface area contributed by atoms with Crippen LogP contribution in [0.15, 0.2) is 30.3 Å². The molecule has 0 fully saturated rings. The maximum Gasteiger partial charge on any atom is 0.128 e. The smallest absolute Gasteiger partial charge is 0.128 e. The van der Waals surface area contributed by atoms with E-state index in [0.717, 1.165) is 47.7 Å². The molecule has 0 spiro atoms. The van der Waals surface area contributed by atoms with Crippen molar-refractivity contribution in [3.8, 4) is 5.75 Å². The lowest BCUT2D eigenvalue weighted by Gasteiger charge is -2.23. The van der Waals surface area contributed by atoms with E-state index in [1.165, 1.54) is 5.56 Å². The van der Waals surface area contributed by atoms with Gasteiger partial charge < -0.3 is 9.84 Å². The summed E-state index contributed by atoms with van der Waals surface area (Å²) in [5.74, 6) is 0.853. The van der Waals surface area contributed by atoms with Crippen LogP contribution in [-0.2, 0) is 6.42 Å². The molecular formula is C17H19NO2. The fourth-order valence-corrected chi connectivity index (χ4v) is 2.78. The van der Waals surface area contributed by atoms with Crippen molar-refractivity contribution < 1.29 is 9.84 Å². The van der Waals surface area contributed by atoms with Gasteiger partial charge in [-0.25, -0.2) is 0 Å². The molecule has 0 saturated carbocycles. The average Bonchev–Trinajstić information content (AvgIpc) is 2.46. The van der Waals surface area contributed by atoms with Crippen LogP contribution in [0.25, 0.3) is 0 Å². The number of aromatic nitrogens is 1. The Morgan fingerprint density at radius 2 is 2.00 bits per heavy atom. The summed E-state index contributed by atoms with van der Waals surface area (Å²) in [6.07, 6.45) is 1.37. The third-order valence-corrected chi connectivity index (χ3v) is 3.82. The zero-order valence-electron chi connectivity index (χ0n) is 11.9. The molecule has 104 valence electrons. The number of fused-ring (bicyclic) bond motifs is 1. The summed E-state index contributed by atoms with van der Waals surface area (Å²) in [5, 5.41) is 10.7. The van der Waals surface area contributed by atoms with E-state index in [9.17, 15) is 5.11 Å². The molecule has 1 unspecified atom stereocenters. The van der Waals surface area contributed by atoms with Crippen LogP contribution in [0.2, 0.25) is 0 Å². The molecule has 3 nitrogen and oxygen atoms in total. The van der Waals surface area contributed by atoms with Gasteiger partial charge in [-0.15, -0.1) is 0 Å². The van der Waals surface area contributed by atoms with Crippen molar-refractivity contribution in [2.24, 2.45) is 0 Å². The summed E-state index contributed by atoms with van der Waals surface area (Å²) >= 11 is 0. The number of para-hydroxylation sites is 1. The van der Waals surface area contributed by atoms with Crippen LogP contribution in [0.5, 0.6) is 5.75 Å². The fourth-order valence-electron chi connectivity index (χ4n) is 2.78. The van der Waals surface area contributed by atoms with E-state index in [0.29, 0.717) is 0 Å². The molecule has 1 aromatic heterocycles. The summed E-state index contributed by atoms with van der Waals surface area (Å²) in [7, 11) is 0. The zero-order valence-corrected chi connectivity index (χ0v) is 11.9. The third-order valence-electron chi connectivity index (χ3n) is 3.82. The van der Waals surface area contributed by atoms with Crippen LogP contribution in [0, 0.1) is 13.8 Å². The molecule has 0 aliphatic carbocycles. The molecule has 3 heteroatoms. The molecule has 0 saturated heterocycles. The summed E-state index contributed by atoms with van der Waals surface area (Å²) < 4.78 is 5.78. The molecule has 1 aliphatic rings. The van der Waals surface area contributed by atoms with Gasteiger partial charge in [0.1, 0.15) is 11.9 Å². The number of ether oxygens (including phenoxy) is 1. The first-order valence-electron chi connectivity index (χ1n) is 7.03. The quantitative estimate of drug-likeness (QED) is 0.911. The Morgan fingerprint density at radius 3 is 2.80 bits per heavy atom. The topological polar surface area (TPSA) is 42.4 Å². The Hall–Kier alpha value is -1.87. The molecular weight excluding hydrogens is 250 g/mol. The van der Waals surface area contributed by atoms with Crippen molar-refractivity contribution in [2.45, 2.75) is 32.8 Å². The van der Waals surface area contributed by atoms with Crippen LogP contribution >= 0.6 is 0 Å². The van der Waals surface area contributed by atoms with E-state index in [1.54, 1.807) is 0 Å². The molecule has 0 bridgehead atoms. The lowest BCUT2D eigenvalue weighted by atomic mass is 9.95. The van der Waals surface area contributed by atoms with E-state index in [1.807, 2.05) is 38.1 Å². The van der Waals surface area contributed by atoms with Crippen molar-refractivity contribution in [1.29, 1.82) is 0 Å². The molecule has 1 N–H and O–H groups in total. The van der Waals surface area contributed by atoms with Gasteiger partial charge in [-0.05, 0) is 38.3 Å². The van der Waals surface area contributed by atoms with Gasteiger partial charge in [0, 0.05) is 22.5 Å². The highest BCUT2D eigenvalue weighted by molar-refractivity contribution is 5.47. The number of aliphatic hydroxyl groups is 1. The number of aliphatic hydroxyl groups excluding tert-OH is 1. The highest BCUT2D eigenvalue weighted by Crippen LogP contribution is 2.36. The molecule has 1 atom stereocenters. The molecule has 3 rings (SSSR count). The van der Waals surface area contributed by atoms with Gasteiger partial charge >= 0.3 is 0 Å². The first-order chi connectivity index (χ1) is 9.66. The van der Waals surface area contributed by atoms with E-state index >= 15 is 0 Å². The van der Waals surface area contributed by atoms with Crippen LogP contribution in [-0.4, -0.2) is 16.7 Å². The van der Waals surface area contributed by atoms with Crippen molar-refractivity contribution >= 4 is 0 Å². The normalized spacial score (nSPS) is 15.3. The summed E-state index contributed by atoms with van der Waals surface area (Å²) in [5.41, 5.74) is 4.70. The molecule has 2 aromatic rings. The number of hydrogen-bond acceptors (Lipinski definition) is 3. The van der Waals surface area contributed by atoms with Crippen molar-refractivity contribution in [1.82, 2.24) is 4.98 Å². The van der Waals surface area contributed by atoms with Crippen LogP contribution < -0.4 is 4.74 Å². The maximum atomic E-state index is 10.7. The number of benzene rings is 1. The number of nitrogens with zero attached hydrogens (tertiary/aromatic N) is 1. The van der Waals surface area contributed by atoms with Gasteiger partial charge in [0.25, 0.3) is 0 Å². The monoisotopic (exact) mass is 269 g/mol. The van der Waals surface area contributed by atoms with Gasteiger partial charge in [0.05, 0.1) is 6.61 Å². The number of hydrogen-bond donors (Lipinski definition) is 1. The third kappa shape index (κ3) is 2.29.